The maximum absolute atomic E-state index is 13.8. The second kappa shape index (κ2) is 14.7. The number of nitrogens with zero attached hydrogens (tertiary/aromatic N) is 1. The van der Waals surface area contributed by atoms with Crippen molar-refractivity contribution in [2.45, 2.75) is 65.5 Å². The van der Waals surface area contributed by atoms with E-state index in [0.29, 0.717) is 31.2 Å². The van der Waals surface area contributed by atoms with Crippen LogP contribution in [-0.4, -0.2) is 35.9 Å². The maximum Gasteiger partial charge on any atom is 0.261 e. The molecule has 38 heavy (non-hydrogen) atoms. The Balaban J connectivity index is 1.89. The lowest BCUT2D eigenvalue weighted by Gasteiger charge is -2.31. The monoisotopic (exact) mass is 578 g/mol. The molecule has 5 nitrogen and oxygen atoms in total. The number of nitrogens with one attached hydrogen (secondary N) is 1. The second-order valence-corrected chi connectivity index (χ2v) is 10.8. The molecule has 3 rings (SSSR count). The number of hydrogen-bond acceptors (Lipinski definition) is 3. The molecule has 2 amide bonds. The van der Waals surface area contributed by atoms with Crippen molar-refractivity contribution < 1.29 is 14.3 Å². The molecule has 0 heterocycles. The zero-order chi connectivity index (χ0) is 27.5. The minimum absolute atomic E-state index is 0.147. The SMILES string of the molecule is CCCCNC(=O)C(Cc1ccccc1)N(Cc1cccc(C)c1)C(=O)COc1ccc(C(C)C)cc1Br. The molecular weight excluding hydrogens is 540 g/mol. The first-order valence-electron chi connectivity index (χ1n) is 13.4. The van der Waals surface area contributed by atoms with Gasteiger partial charge in [0.25, 0.3) is 5.91 Å². The van der Waals surface area contributed by atoms with E-state index >= 15 is 0 Å². The Bertz CT molecular complexity index is 1200. The number of hydrogen-bond donors (Lipinski definition) is 1. The highest BCUT2D eigenvalue weighted by Gasteiger charge is 2.30. The third kappa shape index (κ3) is 8.73. The van der Waals surface area contributed by atoms with E-state index in [4.69, 9.17) is 4.74 Å². The Kier molecular flexibility index (Phi) is 11.4. The molecule has 0 aliphatic carbocycles. The Labute approximate surface area is 235 Å². The summed E-state index contributed by atoms with van der Waals surface area (Å²) in [7, 11) is 0. The van der Waals surface area contributed by atoms with Gasteiger partial charge in [0.05, 0.1) is 4.47 Å². The van der Waals surface area contributed by atoms with E-state index in [9.17, 15) is 9.59 Å². The molecule has 0 aliphatic rings. The van der Waals surface area contributed by atoms with Gasteiger partial charge in [-0.1, -0.05) is 93.4 Å². The first-order valence-corrected chi connectivity index (χ1v) is 14.2. The predicted octanol–water partition coefficient (Wildman–Crippen LogP) is 6.82. The van der Waals surface area contributed by atoms with Crippen LogP contribution in [0, 0.1) is 6.92 Å². The summed E-state index contributed by atoms with van der Waals surface area (Å²) in [6.45, 7) is 9.11. The summed E-state index contributed by atoms with van der Waals surface area (Å²) in [6.07, 6.45) is 2.29. The molecular formula is C32H39BrN2O3. The van der Waals surface area contributed by atoms with Crippen LogP contribution in [0.1, 0.15) is 61.8 Å². The van der Waals surface area contributed by atoms with Crippen LogP contribution >= 0.6 is 15.9 Å². The van der Waals surface area contributed by atoms with Gasteiger partial charge >= 0.3 is 0 Å². The number of unbranched alkanes of at least 4 members (excludes halogenated alkanes) is 1. The summed E-state index contributed by atoms with van der Waals surface area (Å²) in [5, 5.41) is 3.05. The van der Waals surface area contributed by atoms with Crippen molar-refractivity contribution in [3.63, 3.8) is 0 Å². The molecule has 0 saturated heterocycles. The van der Waals surface area contributed by atoms with Crippen molar-refractivity contribution in [3.8, 4) is 5.75 Å². The van der Waals surface area contributed by atoms with Gasteiger partial charge in [-0.25, -0.2) is 0 Å². The molecule has 1 atom stereocenters. The highest BCUT2D eigenvalue weighted by atomic mass is 79.9. The molecule has 3 aromatic carbocycles. The largest absolute Gasteiger partial charge is 0.483 e. The molecule has 202 valence electrons. The number of rotatable bonds is 13. The van der Waals surface area contributed by atoms with E-state index in [1.54, 1.807) is 4.90 Å². The fraction of sp³-hybridized carbons (Fsp3) is 0.375. The number of halogens is 1. The van der Waals surface area contributed by atoms with Gasteiger partial charge in [0, 0.05) is 19.5 Å². The minimum Gasteiger partial charge on any atom is -0.483 e. The Morgan fingerprint density at radius 3 is 2.37 bits per heavy atom. The van der Waals surface area contributed by atoms with Crippen molar-refractivity contribution in [1.82, 2.24) is 10.2 Å². The van der Waals surface area contributed by atoms with Crippen LogP contribution in [0.2, 0.25) is 0 Å². The molecule has 0 fully saturated rings. The van der Waals surface area contributed by atoms with E-state index < -0.39 is 6.04 Å². The summed E-state index contributed by atoms with van der Waals surface area (Å²) in [6, 6.07) is 23.1. The summed E-state index contributed by atoms with van der Waals surface area (Å²) >= 11 is 3.58. The predicted molar refractivity (Wildman–Crippen MR) is 157 cm³/mol. The van der Waals surface area contributed by atoms with Crippen LogP contribution in [0.4, 0.5) is 0 Å². The molecule has 0 radical (unpaired) electrons. The molecule has 0 saturated carbocycles. The third-order valence-corrected chi connectivity index (χ3v) is 7.13. The van der Waals surface area contributed by atoms with Gasteiger partial charge in [0.2, 0.25) is 5.91 Å². The molecule has 6 heteroatoms. The van der Waals surface area contributed by atoms with E-state index in [2.05, 4.69) is 48.1 Å². The lowest BCUT2D eigenvalue weighted by molar-refractivity contribution is -0.142. The fourth-order valence-corrected chi connectivity index (χ4v) is 4.79. The quantitative estimate of drug-likeness (QED) is 0.226. The van der Waals surface area contributed by atoms with Gasteiger partial charge in [0.15, 0.2) is 6.61 Å². The van der Waals surface area contributed by atoms with Crippen molar-refractivity contribution in [2.75, 3.05) is 13.2 Å². The van der Waals surface area contributed by atoms with Crippen LogP contribution in [0.3, 0.4) is 0 Å². The average Bonchev–Trinajstić information content (AvgIpc) is 2.90. The number of aryl methyl sites for hydroxylation is 1. The van der Waals surface area contributed by atoms with Gasteiger partial charge in [-0.3, -0.25) is 9.59 Å². The summed E-state index contributed by atoms with van der Waals surface area (Å²) in [5.74, 6) is 0.603. The van der Waals surface area contributed by atoms with Gasteiger partial charge in [-0.2, -0.15) is 0 Å². The highest BCUT2D eigenvalue weighted by Crippen LogP contribution is 2.29. The molecule has 1 N–H and O–H groups in total. The number of carbonyl (C=O) groups excluding carboxylic acids is 2. The average molecular weight is 580 g/mol. The molecule has 0 bridgehead atoms. The zero-order valence-electron chi connectivity index (χ0n) is 22.9. The molecule has 0 aromatic heterocycles. The topological polar surface area (TPSA) is 58.6 Å². The van der Waals surface area contributed by atoms with Crippen LogP contribution in [0.15, 0.2) is 77.3 Å². The first kappa shape index (κ1) is 29.4. The Hall–Kier alpha value is -3.12. The number of amides is 2. The van der Waals surface area contributed by atoms with Gasteiger partial charge < -0.3 is 15.0 Å². The summed E-state index contributed by atoms with van der Waals surface area (Å²) in [5.41, 5.74) is 4.26. The van der Waals surface area contributed by atoms with Crippen molar-refractivity contribution in [2.24, 2.45) is 0 Å². The van der Waals surface area contributed by atoms with Crippen molar-refractivity contribution in [3.05, 3.63) is 99.5 Å². The summed E-state index contributed by atoms with van der Waals surface area (Å²) in [4.78, 5) is 28.9. The van der Waals surface area contributed by atoms with E-state index in [1.165, 1.54) is 5.56 Å². The zero-order valence-corrected chi connectivity index (χ0v) is 24.5. The van der Waals surface area contributed by atoms with Gasteiger partial charge in [-0.05, 0) is 64.0 Å². The van der Waals surface area contributed by atoms with E-state index in [-0.39, 0.29) is 18.4 Å². The van der Waals surface area contributed by atoms with E-state index in [0.717, 1.165) is 34.0 Å². The number of ether oxygens (including phenoxy) is 1. The van der Waals surface area contributed by atoms with Gasteiger partial charge in [-0.15, -0.1) is 0 Å². The molecule has 0 spiro atoms. The van der Waals surface area contributed by atoms with E-state index in [1.807, 2.05) is 73.7 Å². The summed E-state index contributed by atoms with van der Waals surface area (Å²) < 4.78 is 6.79. The van der Waals surface area contributed by atoms with Gasteiger partial charge in [0.1, 0.15) is 11.8 Å². The van der Waals surface area contributed by atoms with Crippen LogP contribution in [0.5, 0.6) is 5.75 Å². The molecule has 3 aromatic rings. The molecule has 0 aliphatic heterocycles. The minimum atomic E-state index is -0.669. The molecule has 1 unspecified atom stereocenters. The van der Waals surface area contributed by atoms with Crippen molar-refractivity contribution in [1.29, 1.82) is 0 Å². The first-order chi connectivity index (χ1) is 18.3. The third-order valence-electron chi connectivity index (χ3n) is 6.51. The Morgan fingerprint density at radius 2 is 1.71 bits per heavy atom. The smallest absolute Gasteiger partial charge is 0.261 e. The number of benzene rings is 3. The van der Waals surface area contributed by atoms with Crippen LogP contribution in [0.25, 0.3) is 0 Å². The van der Waals surface area contributed by atoms with Crippen LogP contribution in [-0.2, 0) is 22.6 Å². The van der Waals surface area contributed by atoms with Crippen LogP contribution < -0.4 is 10.1 Å². The lowest BCUT2D eigenvalue weighted by Crippen LogP contribution is -2.51. The lowest BCUT2D eigenvalue weighted by atomic mass is 10.0. The highest BCUT2D eigenvalue weighted by molar-refractivity contribution is 9.10. The maximum atomic E-state index is 13.8. The second-order valence-electron chi connectivity index (χ2n) is 9.99. The normalized spacial score (nSPS) is 11.7. The number of carbonyl (C=O) groups is 2. The Morgan fingerprint density at radius 1 is 0.974 bits per heavy atom. The van der Waals surface area contributed by atoms with Crippen molar-refractivity contribution >= 4 is 27.7 Å². The fourth-order valence-electron chi connectivity index (χ4n) is 4.28. The standard InChI is InChI=1S/C32H39BrN2O3/c1-5-6-17-34-32(37)29(19-25-12-8-7-9-13-25)35(21-26-14-10-11-24(4)18-26)31(36)22-38-30-16-15-27(23(2)3)20-28(30)33/h7-16,18,20,23,29H,5-6,17,19,21-22H2,1-4H3,(H,34,37).